The van der Waals surface area contributed by atoms with Crippen LogP contribution in [0.4, 0.5) is 0 Å². The van der Waals surface area contributed by atoms with Gasteiger partial charge in [0.2, 0.25) is 0 Å². The Balaban J connectivity index is 1.36. The molecule has 0 unspecified atom stereocenters. The number of hydrogen-bond donors (Lipinski definition) is 0. The van der Waals surface area contributed by atoms with Crippen LogP contribution in [0.5, 0.6) is 5.75 Å². The van der Waals surface area contributed by atoms with Gasteiger partial charge in [0.15, 0.2) is 0 Å². The number of hydrogen-bond acceptors (Lipinski definition) is 6. The molecule has 33 heavy (non-hydrogen) atoms. The van der Waals surface area contributed by atoms with E-state index in [4.69, 9.17) is 18.9 Å². The van der Waals surface area contributed by atoms with E-state index in [1.165, 1.54) is 11.1 Å². The highest BCUT2D eigenvalue weighted by molar-refractivity contribution is 5.40. The van der Waals surface area contributed by atoms with Gasteiger partial charge >= 0.3 is 0 Å². The molecular formula is C27H34N2O4. The number of allylic oxidation sites excluding steroid dienone is 1. The van der Waals surface area contributed by atoms with E-state index in [-0.39, 0.29) is 30.3 Å². The topological polar surface area (TPSA) is 53.1 Å². The van der Waals surface area contributed by atoms with Crippen LogP contribution in [0, 0.1) is 5.92 Å². The third kappa shape index (κ3) is 4.10. The maximum atomic E-state index is 6.43. The van der Waals surface area contributed by atoms with Gasteiger partial charge in [-0.05, 0) is 54.7 Å². The Bertz CT molecular complexity index is 949. The molecule has 1 aromatic heterocycles. The van der Waals surface area contributed by atoms with Crippen molar-refractivity contribution in [3.8, 4) is 5.75 Å². The Labute approximate surface area is 196 Å². The fourth-order valence-electron chi connectivity index (χ4n) is 6.00. The number of benzene rings is 1. The standard InChI is InChI=1S/C27H34N2O4/c1-4-6-7-22-25-23-14-28-13-12-21(23)24(26(22)32-5-2)27-29(25)19(17-33-27)16-31-15-18-8-10-20(30-3)11-9-18/h4,8-14,19,22,24-27H,1,5-7,15-17H2,2-3H3/t19-,22+,24+,25+,26+,27+/m1/s1. The molecule has 4 heterocycles. The molecule has 1 aromatic carbocycles. The number of aromatic nitrogens is 1. The first-order chi connectivity index (χ1) is 16.3. The Morgan fingerprint density at radius 1 is 1.21 bits per heavy atom. The molecule has 2 bridgehead atoms. The van der Waals surface area contributed by atoms with Crippen molar-refractivity contribution in [1.82, 2.24) is 9.88 Å². The molecule has 6 heteroatoms. The summed E-state index contributed by atoms with van der Waals surface area (Å²) >= 11 is 0. The van der Waals surface area contributed by atoms with Crippen molar-refractivity contribution < 1.29 is 18.9 Å². The Kier molecular flexibility index (Phi) is 6.79. The van der Waals surface area contributed by atoms with E-state index in [9.17, 15) is 0 Å². The lowest BCUT2D eigenvalue weighted by molar-refractivity contribution is -0.161. The molecule has 0 amide bonds. The van der Waals surface area contributed by atoms with Crippen molar-refractivity contribution in [2.45, 2.75) is 56.7 Å². The number of rotatable bonds is 10. The smallest absolute Gasteiger partial charge is 0.121 e. The fourth-order valence-corrected chi connectivity index (χ4v) is 6.00. The molecule has 0 radical (unpaired) electrons. The van der Waals surface area contributed by atoms with Gasteiger partial charge in [-0.2, -0.15) is 0 Å². The average Bonchev–Trinajstić information content (AvgIpc) is 3.28. The summed E-state index contributed by atoms with van der Waals surface area (Å²) in [6.07, 6.45) is 8.17. The highest BCUT2D eigenvalue weighted by Gasteiger charge is 2.60. The molecular weight excluding hydrogens is 416 g/mol. The second kappa shape index (κ2) is 9.94. The largest absolute Gasteiger partial charge is 0.497 e. The summed E-state index contributed by atoms with van der Waals surface area (Å²) in [6.45, 7) is 8.64. The molecule has 2 saturated heterocycles. The van der Waals surface area contributed by atoms with E-state index in [1.54, 1.807) is 7.11 Å². The van der Waals surface area contributed by atoms with Crippen LogP contribution in [0.3, 0.4) is 0 Å². The van der Waals surface area contributed by atoms with Gasteiger partial charge in [-0.3, -0.25) is 9.88 Å². The van der Waals surface area contributed by atoms with Gasteiger partial charge in [0.25, 0.3) is 0 Å². The summed E-state index contributed by atoms with van der Waals surface area (Å²) in [6, 6.07) is 10.6. The summed E-state index contributed by atoms with van der Waals surface area (Å²) < 4.78 is 24.2. The van der Waals surface area contributed by atoms with Crippen molar-refractivity contribution in [3.63, 3.8) is 0 Å². The number of nitrogens with zero attached hydrogens (tertiary/aromatic N) is 2. The number of piperidine rings is 1. The van der Waals surface area contributed by atoms with Crippen molar-refractivity contribution in [3.05, 3.63) is 72.1 Å². The lowest BCUT2D eigenvalue weighted by atomic mass is 9.65. The molecule has 0 spiro atoms. The second-order valence-corrected chi connectivity index (χ2v) is 9.11. The lowest BCUT2D eigenvalue weighted by Gasteiger charge is -2.57. The summed E-state index contributed by atoms with van der Waals surface area (Å²) in [7, 11) is 1.68. The molecule has 2 fully saturated rings. The monoisotopic (exact) mass is 450 g/mol. The number of fused-ring (bicyclic) bond motifs is 1. The van der Waals surface area contributed by atoms with E-state index in [0.29, 0.717) is 32.3 Å². The van der Waals surface area contributed by atoms with Gasteiger partial charge in [-0.15, -0.1) is 6.58 Å². The first-order valence-corrected chi connectivity index (χ1v) is 12.0. The molecule has 0 saturated carbocycles. The first-order valence-electron chi connectivity index (χ1n) is 12.0. The zero-order valence-corrected chi connectivity index (χ0v) is 19.6. The Morgan fingerprint density at radius 3 is 2.82 bits per heavy atom. The van der Waals surface area contributed by atoms with E-state index in [0.717, 1.165) is 24.2 Å². The van der Waals surface area contributed by atoms with Crippen LogP contribution in [0.1, 0.15) is 48.4 Å². The SMILES string of the molecule is C=CCC[C@@H]1[C@H](OCC)[C@@H]2c3ccncc3[C@H]1N1[C@H](COCc3ccc(OC)cc3)CO[C@@H]21. The number of ether oxygens (including phenoxy) is 4. The summed E-state index contributed by atoms with van der Waals surface area (Å²) in [5.41, 5.74) is 3.81. The predicted octanol–water partition coefficient (Wildman–Crippen LogP) is 4.47. The predicted molar refractivity (Wildman–Crippen MR) is 126 cm³/mol. The molecule has 1 aliphatic carbocycles. The van der Waals surface area contributed by atoms with Crippen LogP contribution in [0.2, 0.25) is 0 Å². The normalized spacial score (nSPS) is 30.1. The van der Waals surface area contributed by atoms with E-state index in [2.05, 4.69) is 47.8 Å². The van der Waals surface area contributed by atoms with E-state index >= 15 is 0 Å². The maximum Gasteiger partial charge on any atom is 0.121 e. The van der Waals surface area contributed by atoms with Crippen LogP contribution in [0.15, 0.2) is 55.4 Å². The second-order valence-electron chi connectivity index (χ2n) is 9.11. The minimum absolute atomic E-state index is 0.0241. The van der Waals surface area contributed by atoms with Gasteiger partial charge in [0.1, 0.15) is 12.0 Å². The average molecular weight is 451 g/mol. The number of methoxy groups -OCH3 is 1. The van der Waals surface area contributed by atoms with Crippen LogP contribution in [0.25, 0.3) is 0 Å². The van der Waals surface area contributed by atoms with Crippen molar-refractivity contribution >= 4 is 0 Å². The van der Waals surface area contributed by atoms with E-state index < -0.39 is 0 Å². The fraction of sp³-hybridized carbons (Fsp3) is 0.519. The zero-order chi connectivity index (χ0) is 22.8. The zero-order valence-electron chi connectivity index (χ0n) is 19.6. The van der Waals surface area contributed by atoms with Gasteiger partial charge in [-0.1, -0.05) is 18.2 Å². The van der Waals surface area contributed by atoms with Crippen LogP contribution < -0.4 is 4.74 Å². The first kappa shape index (κ1) is 22.5. The highest BCUT2D eigenvalue weighted by Crippen LogP contribution is 2.57. The van der Waals surface area contributed by atoms with Crippen LogP contribution in [-0.4, -0.2) is 55.2 Å². The maximum absolute atomic E-state index is 6.43. The third-order valence-electron chi connectivity index (χ3n) is 7.35. The van der Waals surface area contributed by atoms with Crippen LogP contribution in [-0.2, 0) is 20.8 Å². The van der Waals surface area contributed by atoms with Gasteiger partial charge in [-0.25, -0.2) is 0 Å². The lowest BCUT2D eigenvalue weighted by Crippen LogP contribution is -2.61. The summed E-state index contributed by atoms with van der Waals surface area (Å²) in [4.78, 5) is 7.05. The molecule has 6 rings (SSSR count). The Hall–Kier alpha value is -2.25. The summed E-state index contributed by atoms with van der Waals surface area (Å²) in [5, 5.41) is 0. The van der Waals surface area contributed by atoms with E-state index in [1.807, 2.05) is 24.4 Å². The molecule has 6 atom stereocenters. The van der Waals surface area contributed by atoms with Crippen molar-refractivity contribution in [2.24, 2.45) is 5.92 Å². The molecule has 6 nitrogen and oxygen atoms in total. The minimum Gasteiger partial charge on any atom is -0.497 e. The van der Waals surface area contributed by atoms with Gasteiger partial charge in [0.05, 0.1) is 45.0 Å². The quantitative estimate of drug-likeness (QED) is 0.498. The molecule has 2 aromatic rings. The molecule has 3 aliphatic heterocycles. The molecule has 0 N–H and O–H groups in total. The van der Waals surface area contributed by atoms with Crippen molar-refractivity contribution in [1.29, 1.82) is 0 Å². The highest BCUT2D eigenvalue weighted by atomic mass is 16.5. The number of pyridine rings is 1. The minimum atomic E-state index is 0.0241. The molecule has 176 valence electrons. The molecule has 4 aliphatic rings. The Morgan fingerprint density at radius 2 is 2.06 bits per heavy atom. The van der Waals surface area contributed by atoms with Crippen LogP contribution >= 0.6 is 0 Å². The van der Waals surface area contributed by atoms with Gasteiger partial charge < -0.3 is 18.9 Å². The summed E-state index contributed by atoms with van der Waals surface area (Å²) in [5.74, 6) is 1.43. The van der Waals surface area contributed by atoms with Gasteiger partial charge in [0, 0.05) is 31.0 Å². The third-order valence-corrected chi connectivity index (χ3v) is 7.35. The van der Waals surface area contributed by atoms with Crippen molar-refractivity contribution in [2.75, 3.05) is 26.9 Å².